The van der Waals surface area contributed by atoms with Crippen LogP contribution < -0.4 is 5.32 Å². The third kappa shape index (κ3) is 4.48. The van der Waals surface area contributed by atoms with Crippen molar-refractivity contribution in [1.29, 1.82) is 0 Å². The number of nitrogens with one attached hydrogen (secondary N) is 1. The highest BCUT2D eigenvalue weighted by Crippen LogP contribution is 2.05. The third-order valence-corrected chi connectivity index (χ3v) is 3.04. The number of amides is 1. The van der Waals surface area contributed by atoms with E-state index in [1.54, 1.807) is 12.4 Å². The van der Waals surface area contributed by atoms with Crippen molar-refractivity contribution in [1.82, 2.24) is 10.3 Å². The van der Waals surface area contributed by atoms with E-state index in [1.165, 1.54) is 0 Å². The number of aliphatic hydroxyl groups excluding tert-OH is 1. The Hall–Kier alpha value is -2.20. The van der Waals surface area contributed by atoms with Gasteiger partial charge in [-0.1, -0.05) is 36.4 Å². The molecule has 0 saturated heterocycles. The number of pyridine rings is 1. The Kier molecular flexibility index (Phi) is 5.26. The van der Waals surface area contributed by atoms with Gasteiger partial charge in [0.2, 0.25) is 5.91 Å². The molecule has 0 aliphatic heterocycles. The van der Waals surface area contributed by atoms with E-state index in [2.05, 4.69) is 10.3 Å². The third-order valence-electron chi connectivity index (χ3n) is 3.04. The molecule has 0 aliphatic carbocycles. The normalized spacial score (nSPS) is 11.8. The molecule has 0 aliphatic rings. The first-order chi connectivity index (χ1) is 9.75. The Morgan fingerprint density at radius 2 is 1.90 bits per heavy atom. The fourth-order valence-electron chi connectivity index (χ4n) is 1.89. The summed E-state index contributed by atoms with van der Waals surface area (Å²) < 4.78 is 0. The number of aryl methyl sites for hydroxylation is 1. The van der Waals surface area contributed by atoms with E-state index in [9.17, 15) is 9.90 Å². The monoisotopic (exact) mass is 270 g/mol. The lowest BCUT2D eigenvalue weighted by Crippen LogP contribution is -2.34. The summed E-state index contributed by atoms with van der Waals surface area (Å²) >= 11 is 0. The largest absolute Gasteiger partial charge is 0.383 e. The van der Waals surface area contributed by atoms with Crippen LogP contribution in [0.2, 0.25) is 0 Å². The molecule has 2 rings (SSSR count). The van der Waals surface area contributed by atoms with Gasteiger partial charge < -0.3 is 10.4 Å². The molecule has 0 bridgehead atoms. The van der Waals surface area contributed by atoms with Crippen LogP contribution in [0.3, 0.4) is 0 Å². The summed E-state index contributed by atoms with van der Waals surface area (Å²) in [6, 6.07) is 13.5. The lowest BCUT2D eigenvalue weighted by Gasteiger charge is -2.11. The molecule has 0 radical (unpaired) electrons. The van der Waals surface area contributed by atoms with Crippen LogP contribution >= 0.6 is 0 Å². The minimum atomic E-state index is -0.980. The van der Waals surface area contributed by atoms with Gasteiger partial charge in [0.1, 0.15) is 6.10 Å². The van der Waals surface area contributed by atoms with Gasteiger partial charge in [-0.3, -0.25) is 9.78 Å². The van der Waals surface area contributed by atoms with Crippen LogP contribution in [0.25, 0.3) is 0 Å². The smallest absolute Gasteiger partial charge is 0.249 e. The first kappa shape index (κ1) is 14.2. The summed E-state index contributed by atoms with van der Waals surface area (Å²) in [5, 5.41) is 12.5. The Morgan fingerprint density at radius 3 is 2.60 bits per heavy atom. The standard InChI is InChI=1S/C16H18N2O2/c19-15(9-8-13-5-2-1-3-6-13)16(20)18-12-14-7-4-10-17-11-14/h1-7,10-11,15,19H,8-9,12H2,(H,18,20)/t15-/m1/s1. The van der Waals surface area contributed by atoms with E-state index in [0.29, 0.717) is 19.4 Å². The van der Waals surface area contributed by atoms with E-state index < -0.39 is 6.10 Å². The van der Waals surface area contributed by atoms with Crippen molar-refractivity contribution >= 4 is 5.91 Å². The zero-order valence-electron chi connectivity index (χ0n) is 11.2. The van der Waals surface area contributed by atoms with Crippen LogP contribution in [0.1, 0.15) is 17.5 Å². The van der Waals surface area contributed by atoms with Gasteiger partial charge in [-0.25, -0.2) is 0 Å². The molecular formula is C16H18N2O2. The fraction of sp³-hybridized carbons (Fsp3) is 0.250. The fourth-order valence-corrected chi connectivity index (χ4v) is 1.89. The number of hydrogen-bond donors (Lipinski definition) is 2. The highest BCUT2D eigenvalue weighted by molar-refractivity contribution is 5.80. The molecule has 0 saturated carbocycles. The number of hydrogen-bond acceptors (Lipinski definition) is 3. The minimum Gasteiger partial charge on any atom is -0.383 e. The lowest BCUT2D eigenvalue weighted by molar-refractivity contribution is -0.129. The highest BCUT2D eigenvalue weighted by Gasteiger charge is 2.14. The molecule has 2 N–H and O–H groups in total. The van der Waals surface area contributed by atoms with Gasteiger partial charge in [-0.15, -0.1) is 0 Å². The second-order valence-electron chi connectivity index (χ2n) is 4.62. The number of nitrogens with zero attached hydrogens (tertiary/aromatic N) is 1. The van der Waals surface area contributed by atoms with E-state index in [4.69, 9.17) is 0 Å². The highest BCUT2D eigenvalue weighted by atomic mass is 16.3. The van der Waals surface area contributed by atoms with E-state index in [1.807, 2.05) is 42.5 Å². The van der Waals surface area contributed by atoms with Crippen molar-refractivity contribution in [2.45, 2.75) is 25.5 Å². The zero-order valence-corrected chi connectivity index (χ0v) is 11.2. The van der Waals surface area contributed by atoms with Crippen molar-refractivity contribution in [2.75, 3.05) is 0 Å². The van der Waals surface area contributed by atoms with Crippen LogP contribution in [-0.2, 0) is 17.8 Å². The molecule has 0 spiro atoms. The first-order valence-electron chi connectivity index (χ1n) is 6.64. The number of rotatable bonds is 6. The van der Waals surface area contributed by atoms with Crippen molar-refractivity contribution < 1.29 is 9.90 Å². The van der Waals surface area contributed by atoms with Crippen molar-refractivity contribution in [3.8, 4) is 0 Å². The number of aliphatic hydroxyl groups is 1. The number of aromatic nitrogens is 1. The average Bonchev–Trinajstić information content (AvgIpc) is 2.52. The lowest BCUT2D eigenvalue weighted by atomic mass is 10.1. The molecule has 20 heavy (non-hydrogen) atoms. The summed E-state index contributed by atoms with van der Waals surface area (Å²) in [6.07, 6.45) is 3.49. The van der Waals surface area contributed by atoms with Gasteiger partial charge in [0.05, 0.1) is 0 Å². The summed E-state index contributed by atoms with van der Waals surface area (Å²) in [6.45, 7) is 0.384. The molecule has 4 nitrogen and oxygen atoms in total. The Morgan fingerprint density at radius 1 is 1.15 bits per heavy atom. The van der Waals surface area contributed by atoms with E-state index >= 15 is 0 Å². The minimum absolute atomic E-state index is 0.343. The average molecular weight is 270 g/mol. The SMILES string of the molecule is O=C(NCc1cccnc1)[C@H](O)CCc1ccccc1. The molecule has 1 aromatic carbocycles. The zero-order chi connectivity index (χ0) is 14.2. The maximum Gasteiger partial charge on any atom is 0.249 e. The quantitative estimate of drug-likeness (QED) is 0.839. The summed E-state index contributed by atoms with van der Waals surface area (Å²) in [7, 11) is 0. The summed E-state index contributed by atoms with van der Waals surface area (Å²) in [5.74, 6) is -0.343. The number of carbonyl (C=O) groups excluding carboxylic acids is 1. The Labute approximate surface area is 118 Å². The maximum atomic E-state index is 11.8. The molecule has 104 valence electrons. The van der Waals surface area contributed by atoms with Gasteiger partial charge in [0.25, 0.3) is 0 Å². The van der Waals surface area contributed by atoms with Crippen LogP contribution in [0.4, 0.5) is 0 Å². The molecule has 2 aromatic rings. The predicted octanol–water partition coefficient (Wildman–Crippen LogP) is 1.69. The molecule has 1 heterocycles. The topological polar surface area (TPSA) is 62.2 Å². The van der Waals surface area contributed by atoms with Crippen LogP contribution in [0, 0.1) is 0 Å². The van der Waals surface area contributed by atoms with Gasteiger partial charge in [-0.05, 0) is 30.0 Å². The van der Waals surface area contributed by atoms with Crippen LogP contribution in [0.15, 0.2) is 54.9 Å². The van der Waals surface area contributed by atoms with Gasteiger partial charge in [0, 0.05) is 18.9 Å². The Bertz CT molecular complexity index is 529. The predicted molar refractivity (Wildman–Crippen MR) is 76.9 cm³/mol. The molecule has 1 atom stereocenters. The summed E-state index contributed by atoms with van der Waals surface area (Å²) in [5.41, 5.74) is 2.03. The molecule has 0 fully saturated rings. The van der Waals surface area contributed by atoms with Gasteiger partial charge in [0.15, 0.2) is 0 Å². The number of benzene rings is 1. The van der Waals surface area contributed by atoms with Crippen molar-refractivity contribution in [3.05, 3.63) is 66.0 Å². The number of carbonyl (C=O) groups is 1. The van der Waals surface area contributed by atoms with E-state index in [0.717, 1.165) is 11.1 Å². The van der Waals surface area contributed by atoms with Crippen LogP contribution in [-0.4, -0.2) is 22.1 Å². The van der Waals surface area contributed by atoms with E-state index in [-0.39, 0.29) is 5.91 Å². The molecule has 1 aromatic heterocycles. The first-order valence-corrected chi connectivity index (χ1v) is 6.64. The molecule has 0 unspecified atom stereocenters. The summed E-state index contributed by atoms with van der Waals surface area (Å²) in [4.78, 5) is 15.7. The van der Waals surface area contributed by atoms with Gasteiger partial charge >= 0.3 is 0 Å². The van der Waals surface area contributed by atoms with Crippen LogP contribution in [0.5, 0.6) is 0 Å². The molecule has 4 heteroatoms. The van der Waals surface area contributed by atoms with Crippen molar-refractivity contribution in [3.63, 3.8) is 0 Å². The molecular weight excluding hydrogens is 252 g/mol. The van der Waals surface area contributed by atoms with Gasteiger partial charge in [-0.2, -0.15) is 0 Å². The second kappa shape index (κ2) is 7.40. The maximum absolute atomic E-state index is 11.8. The Balaban J connectivity index is 1.75. The van der Waals surface area contributed by atoms with Crippen molar-refractivity contribution in [2.24, 2.45) is 0 Å². The second-order valence-corrected chi connectivity index (χ2v) is 4.62. The molecule has 1 amide bonds.